The van der Waals surface area contributed by atoms with Crippen LogP contribution in [0.5, 0.6) is 5.75 Å². The zero-order chi connectivity index (χ0) is 14.5. The van der Waals surface area contributed by atoms with Gasteiger partial charge in [0.2, 0.25) is 0 Å². The average molecular weight is 296 g/mol. The summed E-state index contributed by atoms with van der Waals surface area (Å²) >= 11 is 5.97. The highest BCUT2D eigenvalue weighted by Crippen LogP contribution is 2.29. The molecule has 3 nitrogen and oxygen atoms in total. The van der Waals surface area contributed by atoms with E-state index >= 15 is 0 Å². The Morgan fingerprint density at radius 2 is 2.20 bits per heavy atom. The van der Waals surface area contributed by atoms with Crippen LogP contribution in [0.3, 0.4) is 0 Å². The number of benzene rings is 1. The Bertz CT molecular complexity index is 472. The molecule has 0 N–H and O–H groups in total. The summed E-state index contributed by atoms with van der Waals surface area (Å²) in [5, 5.41) is 0.713. The van der Waals surface area contributed by atoms with Gasteiger partial charge in [-0.2, -0.15) is 0 Å². The molecule has 0 bridgehead atoms. The van der Waals surface area contributed by atoms with Crippen LogP contribution >= 0.6 is 11.6 Å². The molecular weight excluding hydrogens is 274 g/mol. The van der Waals surface area contributed by atoms with Crippen LogP contribution in [-0.4, -0.2) is 30.5 Å². The Morgan fingerprint density at radius 3 is 2.80 bits per heavy atom. The van der Waals surface area contributed by atoms with Gasteiger partial charge in [-0.15, -0.1) is 0 Å². The maximum absolute atomic E-state index is 12.2. The monoisotopic (exact) mass is 295 g/mol. The molecule has 4 heteroatoms. The Kier molecular flexibility index (Phi) is 5.30. The van der Waals surface area contributed by atoms with Crippen molar-refractivity contribution in [3.05, 3.63) is 28.8 Å². The quantitative estimate of drug-likeness (QED) is 0.768. The number of hydrogen-bond acceptors (Lipinski definition) is 2. The van der Waals surface area contributed by atoms with Crippen molar-refractivity contribution in [1.29, 1.82) is 0 Å². The maximum atomic E-state index is 12.2. The van der Waals surface area contributed by atoms with Crippen LogP contribution in [0.1, 0.15) is 31.7 Å². The van der Waals surface area contributed by atoms with Crippen LogP contribution in [0.15, 0.2) is 18.2 Å². The molecule has 1 saturated carbocycles. The smallest absolute Gasteiger partial charge is 0.260 e. The molecule has 20 heavy (non-hydrogen) atoms. The number of carbonyl (C=O) groups is 1. The first-order valence-corrected chi connectivity index (χ1v) is 7.64. The molecule has 1 aromatic rings. The van der Waals surface area contributed by atoms with Crippen LogP contribution in [0.2, 0.25) is 5.02 Å². The highest BCUT2D eigenvalue weighted by molar-refractivity contribution is 6.31. The summed E-state index contributed by atoms with van der Waals surface area (Å²) < 4.78 is 5.58. The predicted octanol–water partition coefficient (Wildman–Crippen LogP) is 3.68. The first-order chi connectivity index (χ1) is 9.60. The number of halogens is 1. The summed E-state index contributed by atoms with van der Waals surface area (Å²) in [6.07, 6.45) is 3.49. The second kappa shape index (κ2) is 6.98. The van der Waals surface area contributed by atoms with E-state index in [-0.39, 0.29) is 12.5 Å². The number of amides is 1. The number of ether oxygens (including phenoxy) is 1. The molecule has 2 rings (SSSR count). The Labute approximate surface area is 125 Å². The van der Waals surface area contributed by atoms with E-state index in [9.17, 15) is 4.79 Å². The fraction of sp³-hybridized carbons (Fsp3) is 0.562. The molecule has 1 aliphatic carbocycles. The van der Waals surface area contributed by atoms with E-state index in [0.29, 0.717) is 16.7 Å². The summed E-state index contributed by atoms with van der Waals surface area (Å²) in [6.45, 7) is 5.83. The largest absolute Gasteiger partial charge is 0.484 e. The predicted molar refractivity (Wildman–Crippen MR) is 81.3 cm³/mol. The summed E-state index contributed by atoms with van der Waals surface area (Å²) in [6, 6.07) is 5.46. The fourth-order valence-corrected chi connectivity index (χ4v) is 2.26. The molecule has 0 aliphatic heterocycles. The third kappa shape index (κ3) is 4.41. The molecule has 0 spiro atoms. The van der Waals surface area contributed by atoms with Gasteiger partial charge in [-0.05, 0) is 55.9 Å². The average Bonchev–Trinajstić information content (AvgIpc) is 3.23. The van der Waals surface area contributed by atoms with E-state index < -0.39 is 0 Å². The fourth-order valence-electron chi connectivity index (χ4n) is 2.14. The van der Waals surface area contributed by atoms with Gasteiger partial charge in [0.1, 0.15) is 5.75 Å². The lowest BCUT2D eigenvalue weighted by Crippen LogP contribution is -2.37. The Hall–Kier alpha value is -1.22. The molecule has 0 radical (unpaired) electrons. The van der Waals surface area contributed by atoms with Crippen molar-refractivity contribution in [3.8, 4) is 5.75 Å². The highest BCUT2D eigenvalue weighted by Gasteiger charge is 2.26. The Morgan fingerprint density at radius 1 is 1.45 bits per heavy atom. The molecule has 110 valence electrons. The van der Waals surface area contributed by atoms with Crippen LogP contribution in [0, 0.1) is 12.8 Å². The van der Waals surface area contributed by atoms with Gasteiger partial charge in [0, 0.05) is 18.1 Å². The molecule has 1 aromatic carbocycles. The second-order valence-electron chi connectivity index (χ2n) is 5.48. The molecule has 0 saturated heterocycles. The third-order valence-electron chi connectivity index (χ3n) is 3.51. The second-order valence-corrected chi connectivity index (χ2v) is 5.89. The molecule has 0 atom stereocenters. The van der Waals surface area contributed by atoms with Gasteiger partial charge in [-0.1, -0.05) is 18.5 Å². The van der Waals surface area contributed by atoms with E-state index in [1.54, 1.807) is 12.1 Å². The molecule has 0 aromatic heterocycles. The van der Waals surface area contributed by atoms with Crippen molar-refractivity contribution in [1.82, 2.24) is 4.90 Å². The minimum absolute atomic E-state index is 0.0753. The first-order valence-electron chi connectivity index (χ1n) is 7.27. The van der Waals surface area contributed by atoms with E-state index in [2.05, 4.69) is 6.92 Å². The molecule has 1 fully saturated rings. The lowest BCUT2D eigenvalue weighted by atomic mass is 10.2. The van der Waals surface area contributed by atoms with Crippen molar-refractivity contribution in [2.45, 2.75) is 33.1 Å². The highest BCUT2D eigenvalue weighted by atomic mass is 35.5. The van der Waals surface area contributed by atoms with Crippen LogP contribution in [0.25, 0.3) is 0 Å². The van der Waals surface area contributed by atoms with Crippen LogP contribution in [0.4, 0.5) is 0 Å². The van der Waals surface area contributed by atoms with Gasteiger partial charge < -0.3 is 9.64 Å². The lowest BCUT2D eigenvalue weighted by molar-refractivity contribution is -0.133. The molecular formula is C16H22ClNO2. The number of nitrogens with zero attached hydrogens (tertiary/aromatic N) is 1. The summed E-state index contributed by atoms with van der Waals surface area (Å²) in [7, 11) is 0. The van der Waals surface area contributed by atoms with Gasteiger partial charge in [-0.25, -0.2) is 0 Å². The zero-order valence-electron chi connectivity index (χ0n) is 12.2. The standard InChI is InChI=1S/C16H22ClNO2/c1-3-8-18(10-13-4-5-13)16(19)11-20-14-6-7-15(17)12(2)9-14/h6-7,9,13H,3-5,8,10-11H2,1-2H3. The summed E-state index contributed by atoms with van der Waals surface area (Å²) in [5.74, 6) is 1.48. The van der Waals surface area contributed by atoms with Crippen molar-refractivity contribution in [2.75, 3.05) is 19.7 Å². The van der Waals surface area contributed by atoms with E-state index in [0.717, 1.165) is 25.1 Å². The van der Waals surface area contributed by atoms with Crippen LogP contribution < -0.4 is 4.74 Å². The topological polar surface area (TPSA) is 29.5 Å². The van der Waals surface area contributed by atoms with Crippen molar-refractivity contribution < 1.29 is 9.53 Å². The first kappa shape index (κ1) is 15.2. The molecule has 0 unspecified atom stereocenters. The number of carbonyl (C=O) groups excluding carboxylic acids is 1. The number of aryl methyl sites for hydroxylation is 1. The summed E-state index contributed by atoms with van der Waals surface area (Å²) in [4.78, 5) is 14.1. The van der Waals surface area contributed by atoms with Gasteiger partial charge >= 0.3 is 0 Å². The minimum Gasteiger partial charge on any atom is -0.484 e. The van der Waals surface area contributed by atoms with Gasteiger partial charge in [0.15, 0.2) is 6.61 Å². The Balaban J connectivity index is 1.86. The number of hydrogen-bond donors (Lipinski definition) is 0. The van der Waals surface area contributed by atoms with Gasteiger partial charge in [0.05, 0.1) is 0 Å². The molecule has 1 amide bonds. The van der Waals surface area contributed by atoms with Gasteiger partial charge in [-0.3, -0.25) is 4.79 Å². The maximum Gasteiger partial charge on any atom is 0.260 e. The van der Waals surface area contributed by atoms with Crippen molar-refractivity contribution >= 4 is 17.5 Å². The van der Waals surface area contributed by atoms with Crippen LogP contribution in [-0.2, 0) is 4.79 Å². The van der Waals surface area contributed by atoms with Gasteiger partial charge in [0.25, 0.3) is 5.91 Å². The summed E-state index contributed by atoms with van der Waals surface area (Å²) in [5.41, 5.74) is 0.958. The third-order valence-corrected chi connectivity index (χ3v) is 3.94. The van der Waals surface area contributed by atoms with E-state index in [1.807, 2.05) is 17.9 Å². The zero-order valence-corrected chi connectivity index (χ0v) is 12.9. The normalized spacial score (nSPS) is 14.2. The number of rotatable bonds is 7. The molecule has 1 aliphatic rings. The molecule has 0 heterocycles. The van der Waals surface area contributed by atoms with Crippen molar-refractivity contribution in [2.24, 2.45) is 5.92 Å². The SMILES string of the molecule is CCCN(CC1CC1)C(=O)COc1ccc(Cl)c(C)c1. The van der Waals surface area contributed by atoms with E-state index in [4.69, 9.17) is 16.3 Å². The minimum atomic E-state index is 0.0753. The van der Waals surface area contributed by atoms with E-state index in [1.165, 1.54) is 12.8 Å². The van der Waals surface area contributed by atoms with Crippen molar-refractivity contribution in [3.63, 3.8) is 0 Å². The lowest BCUT2D eigenvalue weighted by Gasteiger charge is -2.22.